The second-order valence-corrected chi connectivity index (χ2v) is 13.7. The molecule has 0 bridgehead atoms. The van der Waals surface area contributed by atoms with Gasteiger partial charge in [-0.2, -0.15) is 0 Å². The normalized spacial score (nSPS) is 48.3. The minimum atomic E-state index is -0.123. The zero-order valence-corrected chi connectivity index (χ0v) is 21.7. The molecule has 4 fully saturated rings. The van der Waals surface area contributed by atoms with Crippen LogP contribution in [0.25, 0.3) is 0 Å². The second kappa shape index (κ2) is 7.75. The minimum absolute atomic E-state index is 0.0590. The van der Waals surface area contributed by atoms with Gasteiger partial charge in [0.15, 0.2) is 0 Å². The Bertz CT molecular complexity index is 742. The summed E-state index contributed by atoms with van der Waals surface area (Å²) >= 11 is 0. The molecule has 0 aliphatic heterocycles. The van der Waals surface area contributed by atoms with Crippen molar-refractivity contribution in [2.24, 2.45) is 45.3 Å². The van der Waals surface area contributed by atoms with Gasteiger partial charge < -0.3 is 5.11 Å². The van der Waals surface area contributed by atoms with E-state index in [0.717, 1.165) is 30.6 Å². The molecule has 0 radical (unpaired) electrons. The van der Waals surface area contributed by atoms with E-state index in [0.29, 0.717) is 22.2 Å². The molecule has 4 saturated carbocycles. The molecule has 1 N–H and O–H groups in total. The third kappa shape index (κ3) is 3.34. The van der Waals surface area contributed by atoms with Crippen molar-refractivity contribution in [3.8, 4) is 0 Å². The monoisotopic (exact) mass is 426 g/mol. The third-order valence-corrected chi connectivity index (χ3v) is 11.9. The van der Waals surface area contributed by atoms with Crippen LogP contribution in [-0.4, -0.2) is 11.2 Å². The van der Waals surface area contributed by atoms with Gasteiger partial charge in [0, 0.05) is 0 Å². The molecule has 0 amide bonds. The van der Waals surface area contributed by atoms with Crippen LogP contribution in [-0.2, 0) is 0 Å². The van der Waals surface area contributed by atoms with Gasteiger partial charge in [0.2, 0.25) is 0 Å². The Morgan fingerprint density at radius 3 is 2.23 bits per heavy atom. The highest BCUT2D eigenvalue weighted by atomic mass is 16.3. The maximum Gasteiger partial charge on any atom is 0.0594 e. The van der Waals surface area contributed by atoms with E-state index in [9.17, 15) is 5.11 Å². The van der Waals surface area contributed by atoms with Crippen molar-refractivity contribution in [2.75, 3.05) is 0 Å². The molecular weight excluding hydrogens is 376 g/mol. The number of allylic oxidation sites excluding steroid dienone is 3. The van der Waals surface area contributed by atoms with Gasteiger partial charge in [-0.1, -0.05) is 58.4 Å². The van der Waals surface area contributed by atoms with Crippen molar-refractivity contribution >= 4 is 0 Å². The van der Waals surface area contributed by atoms with Gasteiger partial charge in [-0.25, -0.2) is 0 Å². The lowest BCUT2D eigenvalue weighted by Crippen LogP contribution is -2.63. The van der Waals surface area contributed by atoms with Gasteiger partial charge in [0.25, 0.3) is 0 Å². The van der Waals surface area contributed by atoms with E-state index in [4.69, 9.17) is 0 Å². The average Bonchev–Trinajstić information content (AvgIpc) is 3.03. The van der Waals surface area contributed by atoms with E-state index in [1.165, 1.54) is 62.5 Å². The van der Waals surface area contributed by atoms with Crippen molar-refractivity contribution < 1.29 is 5.11 Å². The van der Waals surface area contributed by atoms with E-state index >= 15 is 0 Å². The SMILES string of the molecule is C=C(CCC=C(C)C)[C@H]1CC[C@@]2(C)[C@H]1CC[C@H]1[C@@]3(C)CC[C@H](O)C(C)(C)[C@@H]3CC[C@@]12C. The highest BCUT2D eigenvalue weighted by Crippen LogP contribution is 2.75. The highest BCUT2D eigenvalue weighted by Gasteiger charge is 2.68. The summed E-state index contributed by atoms with van der Waals surface area (Å²) in [5.74, 6) is 3.04. The van der Waals surface area contributed by atoms with Crippen LogP contribution in [0.5, 0.6) is 0 Å². The summed E-state index contributed by atoms with van der Waals surface area (Å²) in [5, 5.41) is 10.8. The summed E-state index contributed by atoms with van der Waals surface area (Å²) < 4.78 is 0. The van der Waals surface area contributed by atoms with Crippen LogP contribution in [0.3, 0.4) is 0 Å². The number of aliphatic hydroxyl groups excluding tert-OH is 1. The summed E-state index contributed by atoms with van der Waals surface area (Å²) in [4.78, 5) is 0. The largest absolute Gasteiger partial charge is 0.393 e. The fourth-order valence-electron chi connectivity index (χ4n) is 9.95. The Labute approximate surface area is 193 Å². The van der Waals surface area contributed by atoms with Crippen molar-refractivity contribution in [1.29, 1.82) is 0 Å². The molecule has 0 unspecified atom stereocenters. The first-order chi connectivity index (χ1) is 14.4. The van der Waals surface area contributed by atoms with Crippen LogP contribution in [0.1, 0.15) is 113 Å². The van der Waals surface area contributed by atoms with Crippen LogP contribution in [0.15, 0.2) is 23.8 Å². The molecule has 0 aromatic carbocycles. The molecule has 0 aromatic rings. The Balaban J connectivity index is 1.59. The summed E-state index contributed by atoms with van der Waals surface area (Å²) in [7, 11) is 0. The van der Waals surface area contributed by atoms with Crippen LogP contribution >= 0.6 is 0 Å². The van der Waals surface area contributed by atoms with Crippen LogP contribution in [0.2, 0.25) is 0 Å². The van der Waals surface area contributed by atoms with Crippen LogP contribution < -0.4 is 0 Å². The number of aliphatic hydroxyl groups is 1. The Morgan fingerprint density at radius 1 is 0.871 bits per heavy atom. The number of rotatable bonds is 4. The zero-order valence-electron chi connectivity index (χ0n) is 21.7. The van der Waals surface area contributed by atoms with Crippen molar-refractivity contribution in [1.82, 2.24) is 0 Å². The maximum atomic E-state index is 10.8. The predicted molar refractivity (Wildman–Crippen MR) is 133 cm³/mol. The van der Waals surface area contributed by atoms with Gasteiger partial charge >= 0.3 is 0 Å². The number of fused-ring (bicyclic) bond motifs is 5. The van der Waals surface area contributed by atoms with Crippen molar-refractivity contribution in [2.45, 2.75) is 119 Å². The van der Waals surface area contributed by atoms with Crippen LogP contribution in [0, 0.1) is 45.3 Å². The lowest BCUT2D eigenvalue weighted by atomic mass is 9.35. The molecule has 31 heavy (non-hydrogen) atoms. The standard InChI is InChI=1S/C30H50O/c1-20(2)10-9-11-21(3)22-14-18-29(7)23(22)12-13-25-28(6)17-16-26(31)27(4,5)24(28)15-19-30(25,29)8/h10,22-26,31H,3,9,11-19H2,1-2,4-8H3/t22-,23+,24+,25+,26+,28+,29+,30+/m1/s1. The van der Waals surface area contributed by atoms with Gasteiger partial charge in [0.05, 0.1) is 6.10 Å². The van der Waals surface area contributed by atoms with Gasteiger partial charge in [-0.3, -0.25) is 0 Å². The molecular formula is C30H50O. The minimum Gasteiger partial charge on any atom is -0.393 e. The molecule has 4 rings (SSSR count). The molecule has 4 aliphatic carbocycles. The second-order valence-electron chi connectivity index (χ2n) is 13.7. The first kappa shape index (κ1) is 23.6. The van der Waals surface area contributed by atoms with Gasteiger partial charge in [-0.05, 0) is 123 Å². The lowest BCUT2D eigenvalue weighted by Gasteiger charge is -2.69. The molecule has 1 nitrogen and oxygen atoms in total. The third-order valence-electron chi connectivity index (χ3n) is 11.9. The first-order valence-corrected chi connectivity index (χ1v) is 13.4. The zero-order chi connectivity index (χ0) is 22.8. The smallest absolute Gasteiger partial charge is 0.0594 e. The average molecular weight is 427 g/mol. The van der Waals surface area contributed by atoms with Crippen molar-refractivity contribution in [3.05, 3.63) is 23.8 Å². The maximum absolute atomic E-state index is 10.8. The quantitative estimate of drug-likeness (QED) is 0.448. The molecule has 4 aliphatic rings. The Morgan fingerprint density at radius 2 is 1.55 bits per heavy atom. The first-order valence-electron chi connectivity index (χ1n) is 13.4. The van der Waals surface area contributed by atoms with E-state index in [1.807, 2.05) is 0 Å². The van der Waals surface area contributed by atoms with Crippen molar-refractivity contribution in [3.63, 3.8) is 0 Å². The van der Waals surface area contributed by atoms with E-state index in [-0.39, 0.29) is 11.5 Å². The Kier molecular flexibility index (Phi) is 5.90. The molecule has 176 valence electrons. The van der Waals surface area contributed by atoms with Gasteiger partial charge in [0.1, 0.15) is 0 Å². The number of hydrogen-bond acceptors (Lipinski definition) is 1. The predicted octanol–water partition coefficient (Wildman–Crippen LogP) is 8.34. The fourth-order valence-corrected chi connectivity index (χ4v) is 9.95. The van der Waals surface area contributed by atoms with E-state index in [2.05, 4.69) is 61.1 Å². The van der Waals surface area contributed by atoms with Crippen LogP contribution in [0.4, 0.5) is 0 Å². The molecule has 0 saturated heterocycles. The highest BCUT2D eigenvalue weighted by molar-refractivity contribution is 5.20. The topological polar surface area (TPSA) is 20.2 Å². The molecule has 1 heteroatoms. The number of hydrogen-bond donors (Lipinski definition) is 1. The summed E-state index contributed by atoms with van der Waals surface area (Å²) in [6, 6.07) is 0. The molecule has 0 heterocycles. The summed E-state index contributed by atoms with van der Waals surface area (Å²) in [5.41, 5.74) is 4.31. The van der Waals surface area contributed by atoms with E-state index < -0.39 is 0 Å². The molecule has 0 spiro atoms. The Hall–Kier alpha value is -0.560. The lowest BCUT2D eigenvalue weighted by molar-refractivity contribution is -0.220. The molecule has 0 aromatic heterocycles. The summed E-state index contributed by atoms with van der Waals surface area (Å²) in [6.07, 6.45) is 15.0. The van der Waals surface area contributed by atoms with E-state index in [1.54, 1.807) is 0 Å². The fraction of sp³-hybridized carbons (Fsp3) is 0.867. The summed E-state index contributed by atoms with van der Waals surface area (Å²) in [6.45, 7) is 21.8. The van der Waals surface area contributed by atoms with Gasteiger partial charge in [-0.15, -0.1) is 0 Å². The molecule has 8 atom stereocenters.